The van der Waals surface area contributed by atoms with Crippen LogP contribution in [0.5, 0.6) is 0 Å². The molecule has 1 aromatic carbocycles. The number of benzene rings is 1. The number of hydrogen-bond donors (Lipinski definition) is 2. The first-order chi connectivity index (χ1) is 12.1. The molecule has 0 radical (unpaired) electrons. The van der Waals surface area contributed by atoms with Gasteiger partial charge in [0.25, 0.3) is 0 Å². The normalized spacial score (nSPS) is 19.4. The number of imidazole rings is 1. The van der Waals surface area contributed by atoms with Crippen molar-refractivity contribution in [2.45, 2.75) is 39.0 Å². The second-order valence-corrected chi connectivity index (χ2v) is 7.44. The minimum atomic E-state index is -0.178. The van der Waals surface area contributed by atoms with E-state index in [9.17, 15) is 9.59 Å². The molecule has 2 N–H and O–H groups in total. The van der Waals surface area contributed by atoms with Crippen molar-refractivity contribution < 1.29 is 4.79 Å². The van der Waals surface area contributed by atoms with Gasteiger partial charge < -0.3 is 19.8 Å². The summed E-state index contributed by atoms with van der Waals surface area (Å²) in [5.41, 5.74) is 2.51. The first kappa shape index (κ1) is 16.2. The van der Waals surface area contributed by atoms with E-state index in [0.29, 0.717) is 5.91 Å². The molecule has 2 fully saturated rings. The van der Waals surface area contributed by atoms with Crippen molar-refractivity contribution >= 4 is 22.6 Å². The quantitative estimate of drug-likeness (QED) is 0.877. The molecular formula is C19H26N4O2. The van der Waals surface area contributed by atoms with Crippen molar-refractivity contribution in [1.82, 2.24) is 14.9 Å². The summed E-state index contributed by atoms with van der Waals surface area (Å²) in [5.74, 6) is 0.369. The van der Waals surface area contributed by atoms with Gasteiger partial charge in [-0.2, -0.15) is 0 Å². The average Bonchev–Trinajstić information content (AvgIpc) is 3.32. The summed E-state index contributed by atoms with van der Waals surface area (Å²) in [4.78, 5) is 34.5. The number of para-hydroxylation sites is 1. The monoisotopic (exact) mass is 342 g/mol. The van der Waals surface area contributed by atoms with Gasteiger partial charge in [0.05, 0.1) is 16.7 Å². The number of hydrogen-bond acceptors (Lipinski definition) is 3. The molecule has 0 unspecified atom stereocenters. The Balaban J connectivity index is 1.44. The molecule has 4 rings (SSSR count). The Bertz CT molecular complexity index is 825. The molecule has 1 aromatic heterocycles. The standard InChI is InChI=1S/C19H26N4O2/c1-2-3-7-19(8-9-19)17(24)23-12-10-22(11-13-23)15-6-4-5-14-16(15)21-18(25)20-14/h4-6H,2-3,7-13H2,1H3,(H2,20,21,25). The molecule has 1 aliphatic heterocycles. The van der Waals surface area contributed by atoms with E-state index < -0.39 is 0 Å². The van der Waals surface area contributed by atoms with E-state index in [2.05, 4.69) is 26.7 Å². The van der Waals surface area contributed by atoms with Crippen LogP contribution in [0.3, 0.4) is 0 Å². The van der Waals surface area contributed by atoms with Gasteiger partial charge in [0, 0.05) is 31.6 Å². The van der Waals surface area contributed by atoms with Crippen LogP contribution in [0.1, 0.15) is 39.0 Å². The molecule has 2 heterocycles. The van der Waals surface area contributed by atoms with Crippen molar-refractivity contribution in [2.24, 2.45) is 5.41 Å². The molecule has 2 aromatic rings. The number of aromatic nitrogens is 2. The van der Waals surface area contributed by atoms with E-state index in [1.54, 1.807) is 0 Å². The largest absolute Gasteiger partial charge is 0.366 e. The summed E-state index contributed by atoms with van der Waals surface area (Å²) in [7, 11) is 0. The zero-order chi connectivity index (χ0) is 17.4. The highest BCUT2D eigenvalue weighted by atomic mass is 16.2. The Morgan fingerprint density at radius 3 is 2.60 bits per heavy atom. The van der Waals surface area contributed by atoms with Gasteiger partial charge in [-0.25, -0.2) is 4.79 Å². The van der Waals surface area contributed by atoms with Gasteiger partial charge in [-0.05, 0) is 31.4 Å². The van der Waals surface area contributed by atoms with Crippen LogP contribution in [-0.4, -0.2) is 47.0 Å². The summed E-state index contributed by atoms with van der Waals surface area (Å²) in [6, 6.07) is 5.90. The molecule has 2 aliphatic rings. The van der Waals surface area contributed by atoms with E-state index in [1.807, 2.05) is 18.2 Å². The topological polar surface area (TPSA) is 72.2 Å². The summed E-state index contributed by atoms with van der Waals surface area (Å²) in [6.07, 6.45) is 5.48. The van der Waals surface area contributed by atoms with E-state index >= 15 is 0 Å². The van der Waals surface area contributed by atoms with Gasteiger partial charge >= 0.3 is 5.69 Å². The van der Waals surface area contributed by atoms with Gasteiger partial charge in [0.1, 0.15) is 0 Å². The second kappa shape index (κ2) is 6.24. The summed E-state index contributed by atoms with van der Waals surface area (Å²) in [6.45, 7) is 5.32. The molecule has 1 saturated heterocycles. The summed E-state index contributed by atoms with van der Waals surface area (Å²) < 4.78 is 0. The third-order valence-electron chi connectivity index (χ3n) is 5.75. The minimum Gasteiger partial charge on any atom is -0.366 e. The van der Waals surface area contributed by atoms with Gasteiger partial charge in [-0.15, -0.1) is 0 Å². The smallest absolute Gasteiger partial charge is 0.323 e. The molecule has 1 aliphatic carbocycles. The highest BCUT2D eigenvalue weighted by Gasteiger charge is 2.50. The first-order valence-corrected chi connectivity index (χ1v) is 9.38. The number of unbranched alkanes of at least 4 members (excludes halogenated alkanes) is 1. The Morgan fingerprint density at radius 1 is 1.16 bits per heavy atom. The summed E-state index contributed by atoms with van der Waals surface area (Å²) >= 11 is 0. The third-order valence-corrected chi connectivity index (χ3v) is 5.75. The molecule has 134 valence electrons. The highest BCUT2D eigenvalue weighted by molar-refractivity contribution is 5.89. The van der Waals surface area contributed by atoms with E-state index in [-0.39, 0.29) is 11.1 Å². The fourth-order valence-corrected chi connectivity index (χ4v) is 4.03. The Morgan fingerprint density at radius 2 is 1.92 bits per heavy atom. The fraction of sp³-hybridized carbons (Fsp3) is 0.579. The van der Waals surface area contributed by atoms with Gasteiger partial charge in [-0.3, -0.25) is 4.79 Å². The minimum absolute atomic E-state index is 0.0376. The predicted molar refractivity (Wildman–Crippen MR) is 98.9 cm³/mol. The van der Waals surface area contributed by atoms with Crippen LogP contribution in [-0.2, 0) is 4.79 Å². The molecule has 25 heavy (non-hydrogen) atoms. The van der Waals surface area contributed by atoms with Crippen molar-refractivity contribution in [3.05, 3.63) is 28.7 Å². The number of piperazine rings is 1. The predicted octanol–water partition coefficient (Wildman–Crippen LogP) is 2.48. The van der Waals surface area contributed by atoms with Crippen molar-refractivity contribution in [3.8, 4) is 0 Å². The Labute approximate surface area is 147 Å². The fourth-order valence-electron chi connectivity index (χ4n) is 4.03. The average molecular weight is 342 g/mol. The molecule has 1 amide bonds. The van der Waals surface area contributed by atoms with E-state index in [0.717, 1.165) is 75.0 Å². The lowest BCUT2D eigenvalue weighted by molar-refractivity contribution is -0.137. The van der Waals surface area contributed by atoms with Gasteiger partial charge in [0.2, 0.25) is 5.91 Å². The molecule has 6 nitrogen and oxygen atoms in total. The van der Waals surface area contributed by atoms with Crippen molar-refractivity contribution in [2.75, 3.05) is 31.1 Å². The maximum absolute atomic E-state index is 12.9. The number of amides is 1. The maximum Gasteiger partial charge on any atom is 0.323 e. The number of carbonyl (C=O) groups excluding carboxylic acids is 1. The Hall–Kier alpha value is -2.24. The van der Waals surface area contributed by atoms with Crippen LogP contribution in [0.15, 0.2) is 23.0 Å². The third kappa shape index (κ3) is 2.94. The second-order valence-electron chi connectivity index (χ2n) is 7.44. The number of aromatic amines is 2. The Kier molecular flexibility index (Phi) is 4.06. The number of anilines is 1. The number of H-pyrrole nitrogens is 2. The maximum atomic E-state index is 12.9. The van der Waals surface area contributed by atoms with Crippen LogP contribution < -0.4 is 10.6 Å². The van der Waals surface area contributed by atoms with E-state index in [4.69, 9.17) is 0 Å². The molecule has 6 heteroatoms. The number of carbonyl (C=O) groups is 1. The lowest BCUT2D eigenvalue weighted by Crippen LogP contribution is -2.51. The molecule has 0 spiro atoms. The van der Waals surface area contributed by atoms with Crippen LogP contribution in [0.4, 0.5) is 5.69 Å². The number of nitrogens with zero attached hydrogens (tertiary/aromatic N) is 2. The van der Waals surface area contributed by atoms with E-state index in [1.165, 1.54) is 0 Å². The number of nitrogens with one attached hydrogen (secondary N) is 2. The zero-order valence-corrected chi connectivity index (χ0v) is 14.8. The van der Waals surface area contributed by atoms with Gasteiger partial charge in [0.15, 0.2) is 0 Å². The molecule has 0 bridgehead atoms. The van der Waals surface area contributed by atoms with Crippen LogP contribution in [0.2, 0.25) is 0 Å². The van der Waals surface area contributed by atoms with Gasteiger partial charge in [-0.1, -0.05) is 25.8 Å². The van der Waals surface area contributed by atoms with Crippen LogP contribution >= 0.6 is 0 Å². The van der Waals surface area contributed by atoms with Crippen LogP contribution in [0.25, 0.3) is 11.0 Å². The molecule has 0 atom stereocenters. The zero-order valence-electron chi connectivity index (χ0n) is 14.8. The number of rotatable bonds is 5. The summed E-state index contributed by atoms with van der Waals surface area (Å²) in [5, 5.41) is 0. The molecule has 1 saturated carbocycles. The number of fused-ring (bicyclic) bond motifs is 1. The highest BCUT2D eigenvalue weighted by Crippen LogP contribution is 2.51. The molecular weight excluding hydrogens is 316 g/mol. The first-order valence-electron chi connectivity index (χ1n) is 9.38. The van der Waals surface area contributed by atoms with Crippen molar-refractivity contribution in [1.29, 1.82) is 0 Å². The SMILES string of the molecule is CCCCC1(C(=O)N2CCN(c3cccc4[nH]c(=O)[nH]c34)CC2)CC1. The van der Waals surface area contributed by atoms with Crippen LogP contribution in [0, 0.1) is 5.41 Å². The van der Waals surface area contributed by atoms with Crippen molar-refractivity contribution in [3.63, 3.8) is 0 Å². The lowest BCUT2D eigenvalue weighted by atomic mass is 9.97. The lowest BCUT2D eigenvalue weighted by Gasteiger charge is -2.38.